The molecule has 0 aliphatic carbocycles. The molecule has 1 amide bonds. The molecule has 88 valence electrons. The Balaban J connectivity index is 2.45. The summed E-state index contributed by atoms with van der Waals surface area (Å²) in [7, 11) is 0. The second-order valence-corrected chi connectivity index (χ2v) is 3.93. The highest BCUT2D eigenvalue weighted by atomic mass is 19.1. The molecule has 2 unspecified atom stereocenters. The van der Waals surface area contributed by atoms with Crippen LogP contribution in [0.2, 0.25) is 0 Å². The van der Waals surface area contributed by atoms with E-state index in [1.54, 1.807) is 6.07 Å². The minimum Gasteiger partial charge on any atom is -0.341 e. The van der Waals surface area contributed by atoms with Crippen LogP contribution < -0.4 is 5.32 Å². The SMILES string of the molecule is CC(=O)C1C(=O)C(=O)NC1c1ccccc1F. The third-order valence-corrected chi connectivity index (χ3v) is 2.80. The summed E-state index contributed by atoms with van der Waals surface area (Å²) in [6, 6.07) is 4.87. The van der Waals surface area contributed by atoms with Crippen LogP contribution in [0, 0.1) is 11.7 Å². The van der Waals surface area contributed by atoms with Gasteiger partial charge in [-0.2, -0.15) is 0 Å². The number of benzene rings is 1. The summed E-state index contributed by atoms with van der Waals surface area (Å²) in [6.07, 6.45) is 0. The van der Waals surface area contributed by atoms with Crippen LogP contribution in [0.4, 0.5) is 4.39 Å². The summed E-state index contributed by atoms with van der Waals surface area (Å²) in [6.45, 7) is 1.22. The maximum Gasteiger partial charge on any atom is 0.288 e. The zero-order valence-corrected chi connectivity index (χ0v) is 9.07. The van der Waals surface area contributed by atoms with Gasteiger partial charge in [-0.25, -0.2) is 4.39 Å². The van der Waals surface area contributed by atoms with Crippen LogP contribution in [0.3, 0.4) is 0 Å². The molecule has 1 aromatic rings. The molecule has 0 bridgehead atoms. The molecule has 1 heterocycles. The van der Waals surface area contributed by atoms with Crippen molar-refractivity contribution >= 4 is 17.5 Å². The van der Waals surface area contributed by atoms with E-state index in [0.717, 1.165) is 0 Å². The number of Topliss-reactive ketones (excluding diaryl/α,β-unsaturated/α-hetero) is 2. The minimum atomic E-state index is -1.13. The Labute approximate surface area is 96.8 Å². The lowest BCUT2D eigenvalue weighted by Gasteiger charge is -2.15. The third-order valence-electron chi connectivity index (χ3n) is 2.80. The van der Waals surface area contributed by atoms with Gasteiger partial charge in [0.05, 0.1) is 6.04 Å². The van der Waals surface area contributed by atoms with Crippen LogP contribution in [0.15, 0.2) is 24.3 Å². The minimum absolute atomic E-state index is 0.159. The fourth-order valence-electron chi connectivity index (χ4n) is 1.99. The Morgan fingerprint density at radius 3 is 2.53 bits per heavy atom. The Hall–Kier alpha value is -2.04. The Morgan fingerprint density at radius 1 is 1.29 bits per heavy atom. The summed E-state index contributed by atoms with van der Waals surface area (Å²) < 4.78 is 13.6. The zero-order valence-electron chi connectivity index (χ0n) is 9.07. The molecule has 1 saturated heterocycles. The summed E-state index contributed by atoms with van der Waals surface area (Å²) in [5.41, 5.74) is 0.159. The average molecular weight is 235 g/mol. The first-order valence-corrected chi connectivity index (χ1v) is 5.12. The molecule has 1 N–H and O–H groups in total. The van der Waals surface area contributed by atoms with E-state index in [-0.39, 0.29) is 5.56 Å². The molecule has 0 spiro atoms. The Kier molecular flexibility index (Phi) is 2.75. The molecule has 0 saturated carbocycles. The topological polar surface area (TPSA) is 63.2 Å². The number of rotatable bonds is 2. The fourth-order valence-corrected chi connectivity index (χ4v) is 1.99. The molecule has 0 aromatic heterocycles. The highest BCUT2D eigenvalue weighted by molar-refractivity contribution is 6.43. The number of carbonyl (C=O) groups is 3. The molecular weight excluding hydrogens is 225 g/mol. The lowest BCUT2D eigenvalue weighted by molar-refractivity contribution is -0.139. The summed E-state index contributed by atoms with van der Waals surface area (Å²) >= 11 is 0. The van der Waals surface area contributed by atoms with Crippen molar-refractivity contribution in [2.45, 2.75) is 13.0 Å². The van der Waals surface area contributed by atoms with Crippen molar-refractivity contribution < 1.29 is 18.8 Å². The predicted molar refractivity (Wildman–Crippen MR) is 56.5 cm³/mol. The van der Waals surface area contributed by atoms with E-state index in [1.165, 1.54) is 25.1 Å². The molecule has 17 heavy (non-hydrogen) atoms. The van der Waals surface area contributed by atoms with E-state index in [1.807, 2.05) is 0 Å². The van der Waals surface area contributed by atoms with Crippen LogP contribution in [-0.4, -0.2) is 17.5 Å². The molecule has 1 aliphatic heterocycles. The molecule has 2 rings (SSSR count). The molecule has 2 atom stereocenters. The van der Waals surface area contributed by atoms with Crippen molar-refractivity contribution in [2.75, 3.05) is 0 Å². The van der Waals surface area contributed by atoms with Gasteiger partial charge in [-0.1, -0.05) is 18.2 Å². The van der Waals surface area contributed by atoms with Gasteiger partial charge in [0.1, 0.15) is 17.5 Å². The number of hydrogen-bond donors (Lipinski definition) is 1. The number of ketones is 2. The van der Waals surface area contributed by atoms with Gasteiger partial charge in [0.25, 0.3) is 5.91 Å². The van der Waals surface area contributed by atoms with Crippen LogP contribution in [0.5, 0.6) is 0 Å². The van der Waals surface area contributed by atoms with Gasteiger partial charge in [-0.3, -0.25) is 14.4 Å². The first kappa shape index (κ1) is 11.4. The maximum absolute atomic E-state index is 13.6. The van der Waals surface area contributed by atoms with Gasteiger partial charge in [0.15, 0.2) is 0 Å². The molecule has 5 heteroatoms. The number of hydrogen-bond acceptors (Lipinski definition) is 3. The molecular formula is C12H10FNO3. The van der Waals surface area contributed by atoms with Crippen molar-refractivity contribution in [1.82, 2.24) is 5.32 Å². The van der Waals surface area contributed by atoms with Crippen molar-refractivity contribution in [3.8, 4) is 0 Å². The Morgan fingerprint density at radius 2 is 1.94 bits per heavy atom. The van der Waals surface area contributed by atoms with E-state index in [4.69, 9.17) is 0 Å². The first-order chi connectivity index (χ1) is 8.02. The van der Waals surface area contributed by atoms with Crippen LogP contribution in [0.25, 0.3) is 0 Å². The van der Waals surface area contributed by atoms with Crippen LogP contribution in [-0.2, 0) is 14.4 Å². The highest BCUT2D eigenvalue weighted by Gasteiger charge is 2.45. The van der Waals surface area contributed by atoms with Crippen molar-refractivity contribution in [2.24, 2.45) is 5.92 Å². The zero-order chi connectivity index (χ0) is 12.6. The largest absolute Gasteiger partial charge is 0.341 e. The maximum atomic E-state index is 13.6. The second kappa shape index (κ2) is 4.08. The highest BCUT2D eigenvalue weighted by Crippen LogP contribution is 2.30. The lowest BCUT2D eigenvalue weighted by atomic mass is 9.90. The van der Waals surface area contributed by atoms with Crippen molar-refractivity contribution in [3.63, 3.8) is 0 Å². The number of amides is 1. The lowest BCUT2D eigenvalue weighted by Crippen LogP contribution is -2.25. The smallest absolute Gasteiger partial charge is 0.288 e. The fraction of sp³-hybridized carbons (Fsp3) is 0.250. The van der Waals surface area contributed by atoms with Crippen molar-refractivity contribution in [1.29, 1.82) is 0 Å². The van der Waals surface area contributed by atoms with Crippen LogP contribution in [0.1, 0.15) is 18.5 Å². The van der Waals surface area contributed by atoms with Gasteiger partial charge in [-0.15, -0.1) is 0 Å². The predicted octanol–water partition coefficient (Wildman–Crippen LogP) is 0.771. The van der Waals surface area contributed by atoms with E-state index < -0.39 is 35.3 Å². The summed E-state index contributed by atoms with van der Waals surface area (Å²) in [5, 5.41) is 2.34. The average Bonchev–Trinajstić information content (AvgIpc) is 2.56. The first-order valence-electron chi connectivity index (χ1n) is 5.12. The van der Waals surface area contributed by atoms with E-state index in [0.29, 0.717) is 0 Å². The number of halogens is 1. The quantitative estimate of drug-likeness (QED) is 0.608. The van der Waals surface area contributed by atoms with E-state index in [2.05, 4.69) is 5.32 Å². The van der Waals surface area contributed by atoms with Gasteiger partial charge < -0.3 is 5.32 Å². The van der Waals surface area contributed by atoms with Gasteiger partial charge in [0.2, 0.25) is 5.78 Å². The molecule has 1 aliphatic rings. The molecule has 4 nitrogen and oxygen atoms in total. The van der Waals surface area contributed by atoms with E-state index >= 15 is 0 Å². The van der Waals surface area contributed by atoms with Gasteiger partial charge >= 0.3 is 0 Å². The summed E-state index contributed by atoms with van der Waals surface area (Å²) in [5.74, 6) is -3.75. The summed E-state index contributed by atoms with van der Waals surface area (Å²) in [4.78, 5) is 34.1. The molecule has 0 radical (unpaired) electrons. The van der Waals surface area contributed by atoms with Gasteiger partial charge in [0, 0.05) is 5.56 Å². The molecule has 1 aromatic carbocycles. The standard InChI is InChI=1S/C12H10FNO3/c1-6(15)9-10(14-12(17)11(9)16)7-4-2-3-5-8(7)13/h2-5,9-10H,1H3,(H,14,17). The van der Waals surface area contributed by atoms with Gasteiger partial charge in [-0.05, 0) is 13.0 Å². The van der Waals surface area contributed by atoms with E-state index in [9.17, 15) is 18.8 Å². The molecule has 1 fully saturated rings. The second-order valence-electron chi connectivity index (χ2n) is 3.93. The monoisotopic (exact) mass is 235 g/mol. The Bertz CT molecular complexity index is 512. The number of nitrogens with one attached hydrogen (secondary N) is 1. The third kappa shape index (κ3) is 1.84. The van der Waals surface area contributed by atoms with Crippen LogP contribution >= 0.6 is 0 Å². The normalized spacial score (nSPS) is 23.6. The number of carbonyl (C=O) groups excluding carboxylic acids is 3. The van der Waals surface area contributed by atoms with Crippen molar-refractivity contribution in [3.05, 3.63) is 35.6 Å².